The van der Waals surface area contributed by atoms with E-state index in [0.717, 1.165) is 23.4 Å². The van der Waals surface area contributed by atoms with Crippen molar-refractivity contribution in [1.82, 2.24) is 4.90 Å². The third-order valence-electron chi connectivity index (χ3n) is 4.34. The number of likely N-dealkylation sites (tertiary alicyclic amines) is 1. The van der Waals surface area contributed by atoms with Crippen LogP contribution < -0.4 is 4.74 Å². The van der Waals surface area contributed by atoms with Crippen molar-refractivity contribution >= 4 is 5.91 Å². The van der Waals surface area contributed by atoms with Gasteiger partial charge in [0.15, 0.2) is 0 Å². The first-order chi connectivity index (χ1) is 9.92. The maximum Gasteiger partial charge on any atom is 0.223 e. The molecule has 1 amide bonds. The van der Waals surface area contributed by atoms with Crippen LogP contribution in [0.3, 0.4) is 0 Å². The van der Waals surface area contributed by atoms with Crippen molar-refractivity contribution in [2.45, 2.75) is 39.8 Å². The molecular weight excluding hydrogens is 266 g/mol. The number of nitrogens with zero attached hydrogens (tertiary/aromatic N) is 1. The Balaban J connectivity index is 2.18. The maximum absolute atomic E-state index is 12.1. The number of carbonyl (C=O) groups excluding carboxylic acids is 1. The number of methoxy groups -OCH3 is 1. The van der Waals surface area contributed by atoms with Crippen molar-refractivity contribution in [3.05, 3.63) is 29.3 Å². The molecule has 1 fully saturated rings. The number of carbonyl (C=O) groups is 1. The summed E-state index contributed by atoms with van der Waals surface area (Å²) in [6.07, 6.45) is 0.114. The average molecular weight is 291 g/mol. The number of hydrogen-bond acceptors (Lipinski definition) is 3. The SMILES string of the molecule is COc1ccc(C(C)O)cc1CN1CC(C(C)C)CC1=O. The predicted octanol–water partition coefficient (Wildman–Crippen LogP) is 2.75. The molecule has 1 aliphatic heterocycles. The Morgan fingerprint density at radius 1 is 1.38 bits per heavy atom. The zero-order valence-corrected chi connectivity index (χ0v) is 13.3. The lowest BCUT2D eigenvalue weighted by molar-refractivity contribution is -0.128. The van der Waals surface area contributed by atoms with Crippen molar-refractivity contribution < 1.29 is 14.6 Å². The molecule has 2 unspecified atom stereocenters. The molecule has 2 atom stereocenters. The van der Waals surface area contributed by atoms with Gasteiger partial charge in [-0.25, -0.2) is 0 Å². The van der Waals surface area contributed by atoms with Crippen molar-refractivity contribution in [2.24, 2.45) is 11.8 Å². The largest absolute Gasteiger partial charge is 0.496 e. The van der Waals surface area contributed by atoms with Crippen LogP contribution >= 0.6 is 0 Å². The monoisotopic (exact) mass is 291 g/mol. The molecule has 0 aromatic heterocycles. The van der Waals surface area contributed by atoms with Crippen LogP contribution in [-0.2, 0) is 11.3 Å². The van der Waals surface area contributed by atoms with Gasteiger partial charge in [-0.1, -0.05) is 19.9 Å². The van der Waals surface area contributed by atoms with Gasteiger partial charge < -0.3 is 14.7 Å². The van der Waals surface area contributed by atoms with Crippen molar-refractivity contribution in [3.63, 3.8) is 0 Å². The number of hydrogen-bond donors (Lipinski definition) is 1. The van der Waals surface area contributed by atoms with E-state index in [1.54, 1.807) is 14.0 Å². The van der Waals surface area contributed by atoms with Crippen LogP contribution in [0.4, 0.5) is 0 Å². The molecule has 1 heterocycles. The number of amides is 1. The summed E-state index contributed by atoms with van der Waals surface area (Å²) in [4.78, 5) is 14.0. The van der Waals surface area contributed by atoms with Gasteiger partial charge in [-0.15, -0.1) is 0 Å². The van der Waals surface area contributed by atoms with Gasteiger partial charge in [0.25, 0.3) is 0 Å². The predicted molar refractivity (Wildman–Crippen MR) is 82.0 cm³/mol. The minimum absolute atomic E-state index is 0.207. The number of benzene rings is 1. The molecule has 0 aliphatic carbocycles. The van der Waals surface area contributed by atoms with Gasteiger partial charge in [-0.2, -0.15) is 0 Å². The highest BCUT2D eigenvalue weighted by Gasteiger charge is 2.31. The Morgan fingerprint density at radius 3 is 2.62 bits per heavy atom. The van der Waals surface area contributed by atoms with E-state index in [-0.39, 0.29) is 5.91 Å². The van der Waals surface area contributed by atoms with E-state index in [4.69, 9.17) is 4.74 Å². The van der Waals surface area contributed by atoms with E-state index in [1.165, 1.54) is 0 Å². The smallest absolute Gasteiger partial charge is 0.223 e. The van der Waals surface area contributed by atoms with Gasteiger partial charge >= 0.3 is 0 Å². The van der Waals surface area contributed by atoms with Gasteiger partial charge in [-0.3, -0.25) is 4.79 Å². The van der Waals surface area contributed by atoms with Gasteiger partial charge in [-0.05, 0) is 36.5 Å². The van der Waals surface area contributed by atoms with E-state index >= 15 is 0 Å². The first-order valence-corrected chi connectivity index (χ1v) is 7.55. The van der Waals surface area contributed by atoms with Crippen LogP contribution in [-0.4, -0.2) is 29.6 Å². The standard InChI is InChI=1S/C17H25NO3/c1-11(2)14-8-17(20)18(9-14)10-15-7-13(12(3)19)5-6-16(15)21-4/h5-7,11-12,14,19H,8-10H2,1-4H3. The molecule has 0 saturated carbocycles. The molecule has 0 spiro atoms. The van der Waals surface area contributed by atoms with E-state index in [1.807, 2.05) is 23.1 Å². The fraction of sp³-hybridized carbons (Fsp3) is 0.588. The van der Waals surface area contributed by atoms with E-state index in [0.29, 0.717) is 24.8 Å². The van der Waals surface area contributed by atoms with Crippen LogP contribution in [0.25, 0.3) is 0 Å². The van der Waals surface area contributed by atoms with Crippen molar-refractivity contribution in [1.29, 1.82) is 0 Å². The summed E-state index contributed by atoms with van der Waals surface area (Å²) in [5, 5.41) is 9.72. The fourth-order valence-corrected chi connectivity index (χ4v) is 2.79. The number of aliphatic hydroxyl groups excluding tert-OH is 1. The van der Waals surface area contributed by atoms with Crippen LogP contribution in [0, 0.1) is 11.8 Å². The Kier molecular flexibility index (Phi) is 4.88. The molecule has 1 aromatic carbocycles. The third-order valence-corrected chi connectivity index (χ3v) is 4.34. The molecule has 1 aliphatic rings. The summed E-state index contributed by atoms with van der Waals surface area (Å²) in [7, 11) is 1.63. The van der Waals surface area contributed by atoms with Gasteiger partial charge in [0, 0.05) is 25.1 Å². The number of ether oxygens (including phenoxy) is 1. The van der Waals surface area contributed by atoms with Gasteiger partial charge in [0.1, 0.15) is 5.75 Å². The fourth-order valence-electron chi connectivity index (χ4n) is 2.79. The maximum atomic E-state index is 12.1. The average Bonchev–Trinajstić information content (AvgIpc) is 2.80. The van der Waals surface area contributed by atoms with Crippen LogP contribution in [0.2, 0.25) is 0 Å². The quantitative estimate of drug-likeness (QED) is 0.907. The second kappa shape index (κ2) is 6.48. The molecule has 116 valence electrons. The molecule has 4 heteroatoms. The summed E-state index contributed by atoms with van der Waals surface area (Å²) in [6.45, 7) is 7.41. The highest BCUT2D eigenvalue weighted by molar-refractivity contribution is 5.78. The zero-order valence-electron chi connectivity index (χ0n) is 13.3. The topological polar surface area (TPSA) is 49.8 Å². The molecule has 21 heavy (non-hydrogen) atoms. The molecule has 2 rings (SSSR count). The van der Waals surface area contributed by atoms with Crippen molar-refractivity contribution in [3.8, 4) is 5.75 Å². The number of aliphatic hydroxyl groups is 1. The van der Waals surface area contributed by atoms with Crippen molar-refractivity contribution in [2.75, 3.05) is 13.7 Å². The van der Waals surface area contributed by atoms with E-state index in [2.05, 4.69) is 13.8 Å². The molecular formula is C17H25NO3. The molecule has 1 N–H and O–H groups in total. The lowest BCUT2D eigenvalue weighted by Gasteiger charge is -2.20. The van der Waals surface area contributed by atoms with Gasteiger partial charge in [0.2, 0.25) is 5.91 Å². The lowest BCUT2D eigenvalue weighted by atomic mass is 9.95. The first-order valence-electron chi connectivity index (χ1n) is 7.55. The summed E-state index contributed by atoms with van der Waals surface area (Å²) >= 11 is 0. The van der Waals surface area contributed by atoms with Crippen LogP contribution in [0.15, 0.2) is 18.2 Å². The Labute approximate surface area is 126 Å². The Hall–Kier alpha value is -1.55. The summed E-state index contributed by atoms with van der Waals surface area (Å²) in [6, 6.07) is 5.65. The first kappa shape index (κ1) is 15.8. The minimum atomic E-state index is -0.521. The minimum Gasteiger partial charge on any atom is -0.496 e. The summed E-state index contributed by atoms with van der Waals surface area (Å²) < 4.78 is 5.38. The zero-order chi connectivity index (χ0) is 15.6. The summed E-state index contributed by atoms with van der Waals surface area (Å²) in [5.41, 5.74) is 1.80. The van der Waals surface area contributed by atoms with E-state index in [9.17, 15) is 9.90 Å². The number of rotatable bonds is 5. The highest BCUT2D eigenvalue weighted by Crippen LogP contribution is 2.29. The second-order valence-electron chi connectivity index (χ2n) is 6.23. The summed E-state index contributed by atoms with van der Waals surface area (Å²) in [5.74, 6) is 1.92. The Bertz CT molecular complexity index is 511. The molecule has 0 radical (unpaired) electrons. The Morgan fingerprint density at radius 2 is 2.10 bits per heavy atom. The van der Waals surface area contributed by atoms with Crippen LogP contribution in [0.5, 0.6) is 5.75 Å². The molecule has 4 nitrogen and oxygen atoms in total. The normalized spacial score (nSPS) is 20.2. The molecule has 1 saturated heterocycles. The van der Waals surface area contributed by atoms with Gasteiger partial charge in [0.05, 0.1) is 13.2 Å². The molecule has 1 aromatic rings. The molecule has 0 bridgehead atoms. The lowest BCUT2D eigenvalue weighted by Crippen LogP contribution is -2.25. The highest BCUT2D eigenvalue weighted by atomic mass is 16.5. The van der Waals surface area contributed by atoms with Crippen LogP contribution in [0.1, 0.15) is 44.4 Å². The second-order valence-corrected chi connectivity index (χ2v) is 6.23. The van der Waals surface area contributed by atoms with E-state index < -0.39 is 6.10 Å². The third kappa shape index (κ3) is 3.56.